The Labute approximate surface area is 223 Å². The third-order valence-electron chi connectivity index (χ3n) is 7.09. The van der Waals surface area contributed by atoms with Crippen LogP contribution in [-0.2, 0) is 21.2 Å². The maximum absolute atomic E-state index is 14.5. The van der Waals surface area contributed by atoms with E-state index >= 15 is 0 Å². The molecular formula is C29H33F2N3O3S. The van der Waals surface area contributed by atoms with E-state index in [1.807, 2.05) is 12.1 Å². The Morgan fingerprint density at radius 2 is 1.76 bits per heavy atom. The maximum atomic E-state index is 14.5. The van der Waals surface area contributed by atoms with Crippen LogP contribution in [0.4, 0.5) is 20.3 Å². The Hall–Kier alpha value is -3.33. The van der Waals surface area contributed by atoms with Crippen LogP contribution in [0, 0.1) is 17.6 Å². The summed E-state index contributed by atoms with van der Waals surface area (Å²) in [6.07, 6.45) is 3.81. The maximum Gasteiger partial charge on any atom is 0.229 e. The molecule has 0 aliphatic carbocycles. The number of hydrogen-bond acceptors (Lipinski definition) is 5. The van der Waals surface area contributed by atoms with Crippen LogP contribution in [0.2, 0.25) is 0 Å². The Kier molecular flexibility index (Phi) is 8.45. The highest BCUT2D eigenvalue weighted by Gasteiger charge is 2.22. The zero-order chi connectivity index (χ0) is 27.4. The topological polar surface area (TPSA) is 79.4 Å². The molecule has 0 amide bonds. The minimum atomic E-state index is -3.61. The molecule has 1 N–H and O–H groups in total. The van der Waals surface area contributed by atoms with Crippen molar-refractivity contribution in [3.8, 4) is 11.3 Å². The number of halogens is 2. The Morgan fingerprint density at radius 1 is 1.08 bits per heavy atom. The van der Waals surface area contributed by atoms with Gasteiger partial charge in [-0.1, -0.05) is 26.0 Å². The fourth-order valence-electron chi connectivity index (χ4n) is 4.69. The smallest absolute Gasteiger partial charge is 0.229 e. The number of carbonyl (C=O) groups excluding carboxylic acids is 1. The van der Waals surface area contributed by atoms with Crippen molar-refractivity contribution in [3.63, 3.8) is 0 Å². The van der Waals surface area contributed by atoms with E-state index in [9.17, 15) is 22.0 Å². The number of ketones is 1. The first kappa shape index (κ1) is 27.7. The number of rotatable bonds is 9. The molecule has 0 saturated carbocycles. The highest BCUT2D eigenvalue weighted by atomic mass is 32.2. The number of aryl methyl sites for hydroxylation is 1. The molecule has 38 heavy (non-hydrogen) atoms. The van der Waals surface area contributed by atoms with Gasteiger partial charge in [0.2, 0.25) is 10.0 Å². The second-order valence-electron chi connectivity index (χ2n) is 10.2. The molecule has 2 heterocycles. The number of carbonyl (C=O) groups is 1. The van der Waals surface area contributed by atoms with Crippen LogP contribution >= 0.6 is 0 Å². The summed E-state index contributed by atoms with van der Waals surface area (Å²) in [6.45, 7) is 5.73. The van der Waals surface area contributed by atoms with E-state index in [0.29, 0.717) is 17.9 Å². The molecule has 1 saturated heterocycles. The van der Waals surface area contributed by atoms with Gasteiger partial charge in [0.15, 0.2) is 0 Å². The molecule has 1 atom stereocenters. The molecule has 2 aromatic carbocycles. The number of nitrogens with zero attached hydrogens (tertiary/aromatic N) is 2. The second-order valence-corrected chi connectivity index (χ2v) is 11.9. The van der Waals surface area contributed by atoms with E-state index in [1.165, 1.54) is 24.3 Å². The van der Waals surface area contributed by atoms with Gasteiger partial charge in [-0.15, -0.1) is 0 Å². The van der Waals surface area contributed by atoms with Crippen molar-refractivity contribution in [1.82, 2.24) is 4.98 Å². The molecule has 1 fully saturated rings. The largest absolute Gasteiger partial charge is 0.356 e. The van der Waals surface area contributed by atoms with Crippen LogP contribution in [0.25, 0.3) is 11.3 Å². The predicted octanol–water partition coefficient (Wildman–Crippen LogP) is 5.94. The van der Waals surface area contributed by atoms with Crippen molar-refractivity contribution in [2.75, 3.05) is 29.0 Å². The summed E-state index contributed by atoms with van der Waals surface area (Å²) in [7, 11) is -3.61. The van der Waals surface area contributed by atoms with Crippen LogP contribution in [0.1, 0.15) is 50.2 Å². The number of hydrogen-bond donors (Lipinski definition) is 1. The molecule has 0 bridgehead atoms. The number of nitrogens with one attached hydrogen (secondary N) is 1. The van der Waals surface area contributed by atoms with E-state index < -0.39 is 21.8 Å². The van der Waals surface area contributed by atoms with E-state index in [2.05, 4.69) is 16.5 Å². The fraction of sp³-hybridized carbons (Fsp3) is 0.379. The predicted molar refractivity (Wildman–Crippen MR) is 147 cm³/mol. The third kappa shape index (κ3) is 6.95. The van der Waals surface area contributed by atoms with Gasteiger partial charge >= 0.3 is 0 Å². The summed E-state index contributed by atoms with van der Waals surface area (Å²) in [5.74, 6) is -0.131. The molecular weight excluding hydrogens is 508 g/mol. The zero-order valence-electron chi connectivity index (χ0n) is 21.9. The normalized spacial score (nSPS) is 15.3. The number of anilines is 2. The average Bonchev–Trinajstić information content (AvgIpc) is 2.88. The monoisotopic (exact) mass is 541 g/mol. The molecule has 0 radical (unpaired) electrons. The first-order valence-corrected chi connectivity index (χ1v) is 14.7. The quantitative estimate of drug-likeness (QED) is 0.363. The molecule has 3 aromatic rings. The molecule has 1 unspecified atom stereocenters. The Balaban J connectivity index is 1.52. The molecule has 9 heteroatoms. The van der Waals surface area contributed by atoms with Gasteiger partial charge in [0.05, 0.1) is 17.6 Å². The first-order chi connectivity index (χ1) is 18.0. The highest BCUT2D eigenvalue weighted by molar-refractivity contribution is 7.92. The summed E-state index contributed by atoms with van der Waals surface area (Å²) in [5.41, 5.74) is 2.88. The van der Waals surface area contributed by atoms with E-state index in [4.69, 9.17) is 4.98 Å². The van der Waals surface area contributed by atoms with Crippen molar-refractivity contribution >= 4 is 27.3 Å². The average molecular weight is 542 g/mol. The van der Waals surface area contributed by atoms with Crippen LogP contribution in [0.15, 0.2) is 54.6 Å². The molecule has 202 valence electrons. The zero-order valence-corrected chi connectivity index (χ0v) is 22.7. The Morgan fingerprint density at radius 3 is 2.39 bits per heavy atom. The minimum absolute atomic E-state index is 0.0472. The molecule has 4 rings (SSSR count). The van der Waals surface area contributed by atoms with Crippen LogP contribution in [-0.4, -0.2) is 38.5 Å². The standard InChI is InChI=1S/C29H33F2N3O3S/c1-19-14-16-34(17-15-19)29-22(6-11-26(32-29)21-4-9-24(30)10-5-21)8-13-28(35)20(2)23-7-12-27(25(31)18-23)33-38(3,36)37/h4-7,9-12,18-20,33H,8,13-17H2,1-3H3. The lowest BCUT2D eigenvalue weighted by atomic mass is 9.92. The number of piperidine rings is 1. The summed E-state index contributed by atoms with van der Waals surface area (Å²) in [6, 6.07) is 14.2. The third-order valence-corrected chi connectivity index (χ3v) is 7.68. The van der Waals surface area contributed by atoms with E-state index in [-0.39, 0.29) is 23.7 Å². The van der Waals surface area contributed by atoms with E-state index in [0.717, 1.165) is 54.8 Å². The van der Waals surface area contributed by atoms with Gasteiger partial charge in [0.25, 0.3) is 0 Å². The number of aromatic nitrogens is 1. The van der Waals surface area contributed by atoms with Gasteiger partial charge in [-0.3, -0.25) is 9.52 Å². The summed E-state index contributed by atoms with van der Waals surface area (Å²) < 4.78 is 52.9. The lowest BCUT2D eigenvalue weighted by Gasteiger charge is -2.33. The minimum Gasteiger partial charge on any atom is -0.356 e. The lowest BCUT2D eigenvalue weighted by Crippen LogP contribution is -2.34. The SMILES string of the molecule is CC1CCN(c2nc(-c3ccc(F)cc3)ccc2CCC(=O)C(C)c2ccc(NS(C)(=O)=O)c(F)c2)CC1. The summed E-state index contributed by atoms with van der Waals surface area (Å²) in [5, 5.41) is 0. The van der Waals surface area contributed by atoms with Gasteiger partial charge in [0, 0.05) is 31.0 Å². The van der Waals surface area contributed by atoms with E-state index in [1.54, 1.807) is 25.1 Å². The summed E-state index contributed by atoms with van der Waals surface area (Å²) >= 11 is 0. The van der Waals surface area contributed by atoms with Crippen LogP contribution in [0.5, 0.6) is 0 Å². The van der Waals surface area contributed by atoms with Gasteiger partial charge in [-0.05, 0) is 78.8 Å². The van der Waals surface area contributed by atoms with Gasteiger partial charge < -0.3 is 4.90 Å². The van der Waals surface area contributed by atoms with Crippen molar-refractivity contribution < 1.29 is 22.0 Å². The number of benzene rings is 2. The molecule has 0 spiro atoms. The first-order valence-electron chi connectivity index (χ1n) is 12.8. The van der Waals surface area contributed by atoms with Crippen molar-refractivity contribution in [1.29, 1.82) is 0 Å². The lowest BCUT2D eigenvalue weighted by molar-refractivity contribution is -0.120. The van der Waals surface area contributed by atoms with Crippen molar-refractivity contribution in [2.24, 2.45) is 5.92 Å². The van der Waals surface area contributed by atoms with Crippen molar-refractivity contribution in [3.05, 3.63) is 77.4 Å². The number of Topliss-reactive ketones (excluding diaryl/α,β-unsaturated/α-hetero) is 1. The van der Waals surface area contributed by atoms with Crippen LogP contribution in [0.3, 0.4) is 0 Å². The summed E-state index contributed by atoms with van der Waals surface area (Å²) in [4.78, 5) is 20.3. The number of pyridine rings is 1. The second kappa shape index (κ2) is 11.6. The Bertz CT molecular complexity index is 1400. The van der Waals surface area contributed by atoms with Gasteiger partial charge in [-0.25, -0.2) is 22.2 Å². The van der Waals surface area contributed by atoms with Gasteiger partial charge in [-0.2, -0.15) is 0 Å². The van der Waals surface area contributed by atoms with Crippen molar-refractivity contribution in [2.45, 2.75) is 45.4 Å². The fourth-order valence-corrected chi connectivity index (χ4v) is 5.26. The molecule has 1 aromatic heterocycles. The van der Waals surface area contributed by atoms with Crippen LogP contribution < -0.4 is 9.62 Å². The highest BCUT2D eigenvalue weighted by Crippen LogP contribution is 2.30. The molecule has 6 nitrogen and oxygen atoms in total. The molecule has 1 aliphatic rings. The van der Waals surface area contributed by atoms with Gasteiger partial charge in [0.1, 0.15) is 23.2 Å². The number of sulfonamides is 1. The molecule has 1 aliphatic heterocycles.